The first-order chi connectivity index (χ1) is 6.35. The maximum Gasteiger partial charge on any atom is 0.0214 e. The molecular weight excluding hydrogens is 158 g/mol. The first kappa shape index (κ1) is 9.09. The van der Waals surface area contributed by atoms with Crippen LogP contribution in [0.15, 0.2) is 0 Å². The second kappa shape index (κ2) is 3.72. The molecule has 2 fully saturated rings. The molecule has 72 valence electrons. The van der Waals surface area contributed by atoms with E-state index in [1.807, 2.05) is 0 Å². The van der Waals surface area contributed by atoms with Gasteiger partial charge in [0.15, 0.2) is 0 Å². The predicted octanol–water partition coefficient (Wildman–Crippen LogP) is 2.28. The van der Waals surface area contributed by atoms with E-state index in [1.54, 1.807) is 0 Å². The van der Waals surface area contributed by atoms with Crippen molar-refractivity contribution >= 4 is 0 Å². The average molecular weight is 177 g/mol. The van der Waals surface area contributed by atoms with Crippen LogP contribution in [0.25, 0.3) is 0 Å². The Hall–Kier alpha value is -0.480. The minimum atomic E-state index is 0.729. The van der Waals surface area contributed by atoms with E-state index in [0.29, 0.717) is 0 Å². The molecule has 0 aromatic carbocycles. The second-order valence-electron chi connectivity index (χ2n) is 4.69. The lowest BCUT2D eigenvalue weighted by Gasteiger charge is -2.49. The summed E-state index contributed by atoms with van der Waals surface area (Å²) in [5.74, 6) is 2.74. The molecule has 0 atom stereocenters. The van der Waals surface area contributed by atoms with Crippen LogP contribution in [0.2, 0.25) is 0 Å². The summed E-state index contributed by atoms with van der Waals surface area (Å²) in [6.07, 6.45) is 13.5. The van der Waals surface area contributed by atoms with Gasteiger partial charge in [0.05, 0.1) is 0 Å². The molecule has 0 aromatic heterocycles. The number of likely N-dealkylation sites (tertiary alicyclic amines) is 1. The van der Waals surface area contributed by atoms with Crippen LogP contribution in [0.5, 0.6) is 0 Å². The number of rotatable bonds is 2. The zero-order chi connectivity index (χ0) is 9.15. The highest BCUT2D eigenvalue weighted by Gasteiger charge is 2.39. The Balaban J connectivity index is 1.82. The highest BCUT2D eigenvalue weighted by molar-refractivity contribution is 4.94. The molecule has 1 nitrogen and oxygen atoms in total. The first-order valence-electron chi connectivity index (χ1n) is 5.51. The van der Waals surface area contributed by atoms with Gasteiger partial charge in [0.1, 0.15) is 0 Å². The van der Waals surface area contributed by atoms with Crippen LogP contribution in [-0.4, -0.2) is 24.5 Å². The fraction of sp³-hybridized carbons (Fsp3) is 0.833. The number of hydrogen-bond acceptors (Lipinski definition) is 1. The average Bonchev–Trinajstić information content (AvgIpc) is 2.13. The van der Waals surface area contributed by atoms with Crippen LogP contribution in [0.1, 0.15) is 38.5 Å². The van der Waals surface area contributed by atoms with Crippen LogP contribution in [0, 0.1) is 17.8 Å². The highest BCUT2D eigenvalue weighted by atomic mass is 15.1. The topological polar surface area (TPSA) is 3.24 Å². The van der Waals surface area contributed by atoms with Gasteiger partial charge < -0.3 is 4.90 Å². The maximum absolute atomic E-state index is 5.28. The molecule has 13 heavy (non-hydrogen) atoms. The van der Waals surface area contributed by atoms with Crippen molar-refractivity contribution in [3.8, 4) is 12.3 Å². The van der Waals surface area contributed by atoms with Gasteiger partial charge in [-0.05, 0) is 37.6 Å². The van der Waals surface area contributed by atoms with Crippen molar-refractivity contribution < 1.29 is 0 Å². The summed E-state index contributed by atoms with van der Waals surface area (Å²) >= 11 is 0. The number of nitrogens with zero attached hydrogens (tertiary/aromatic N) is 1. The lowest BCUT2D eigenvalue weighted by Crippen LogP contribution is -2.47. The van der Waals surface area contributed by atoms with Crippen LogP contribution < -0.4 is 0 Å². The summed E-state index contributed by atoms with van der Waals surface area (Å²) in [6.45, 7) is 3.73. The van der Waals surface area contributed by atoms with Crippen molar-refractivity contribution in [2.24, 2.45) is 5.41 Å². The summed E-state index contributed by atoms with van der Waals surface area (Å²) in [4.78, 5) is 2.57. The number of hydrogen-bond donors (Lipinski definition) is 0. The lowest BCUT2D eigenvalue weighted by atomic mass is 9.64. The van der Waals surface area contributed by atoms with Crippen molar-refractivity contribution in [1.29, 1.82) is 0 Å². The van der Waals surface area contributed by atoms with E-state index in [9.17, 15) is 0 Å². The maximum atomic E-state index is 5.28. The molecule has 0 aromatic rings. The third kappa shape index (κ3) is 1.89. The van der Waals surface area contributed by atoms with Gasteiger partial charge >= 0.3 is 0 Å². The molecule has 0 N–H and O–H groups in total. The minimum Gasteiger partial charge on any atom is -0.302 e. The van der Waals surface area contributed by atoms with Crippen molar-refractivity contribution in [1.82, 2.24) is 4.90 Å². The Labute approximate surface area is 81.5 Å². The highest BCUT2D eigenvalue weighted by Crippen LogP contribution is 2.47. The standard InChI is InChI=1S/C12H19N/c1-2-3-9-13-10-5-8-12(11-13)6-4-7-12/h1H,3-11H2. The molecule has 1 aliphatic heterocycles. The smallest absolute Gasteiger partial charge is 0.0214 e. The van der Waals surface area contributed by atoms with Crippen LogP contribution >= 0.6 is 0 Å². The Morgan fingerprint density at radius 1 is 1.23 bits per heavy atom. The van der Waals surface area contributed by atoms with E-state index >= 15 is 0 Å². The van der Waals surface area contributed by atoms with Crippen molar-refractivity contribution in [2.45, 2.75) is 38.5 Å². The monoisotopic (exact) mass is 177 g/mol. The van der Waals surface area contributed by atoms with Crippen molar-refractivity contribution in [3.05, 3.63) is 0 Å². The summed E-state index contributed by atoms with van der Waals surface area (Å²) in [5.41, 5.74) is 0.729. The molecule has 0 unspecified atom stereocenters. The van der Waals surface area contributed by atoms with Crippen molar-refractivity contribution in [2.75, 3.05) is 19.6 Å². The van der Waals surface area contributed by atoms with E-state index in [4.69, 9.17) is 6.42 Å². The molecule has 1 saturated heterocycles. The molecule has 1 heteroatoms. The van der Waals surface area contributed by atoms with Gasteiger partial charge in [0, 0.05) is 19.5 Å². The van der Waals surface area contributed by atoms with E-state index in [2.05, 4.69) is 10.8 Å². The van der Waals surface area contributed by atoms with E-state index in [0.717, 1.165) is 18.4 Å². The Morgan fingerprint density at radius 2 is 2.00 bits per heavy atom. The minimum absolute atomic E-state index is 0.729. The summed E-state index contributed by atoms with van der Waals surface area (Å²) < 4.78 is 0. The second-order valence-corrected chi connectivity index (χ2v) is 4.69. The Bertz CT molecular complexity index is 210. The van der Waals surface area contributed by atoms with Crippen LogP contribution in [0.4, 0.5) is 0 Å². The van der Waals surface area contributed by atoms with Gasteiger partial charge in [0.2, 0.25) is 0 Å². The first-order valence-corrected chi connectivity index (χ1v) is 5.51. The van der Waals surface area contributed by atoms with E-state index in [1.165, 1.54) is 45.2 Å². The third-order valence-corrected chi connectivity index (χ3v) is 3.73. The van der Waals surface area contributed by atoms with Crippen LogP contribution in [0.3, 0.4) is 0 Å². The lowest BCUT2D eigenvalue weighted by molar-refractivity contribution is 0.0214. The van der Waals surface area contributed by atoms with Gasteiger partial charge in [-0.1, -0.05) is 6.42 Å². The fourth-order valence-corrected chi connectivity index (χ4v) is 2.81. The van der Waals surface area contributed by atoms with E-state index in [-0.39, 0.29) is 0 Å². The summed E-state index contributed by atoms with van der Waals surface area (Å²) in [5, 5.41) is 0. The molecule has 1 aliphatic carbocycles. The van der Waals surface area contributed by atoms with Gasteiger partial charge in [-0.15, -0.1) is 12.3 Å². The molecule has 1 spiro atoms. The zero-order valence-electron chi connectivity index (χ0n) is 8.39. The summed E-state index contributed by atoms with van der Waals surface area (Å²) in [6, 6.07) is 0. The van der Waals surface area contributed by atoms with Gasteiger partial charge in [-0.25, -0.2) is 0 Å². The Morgan fingerprint density at radius 3 is 2.62 bits per heavy atom. The number of piperidine rings is 1. The van der Waals surface area contributed by atoms with Crippen LogP contribution in [-0.2, 0) is 0 Å². The number of terminal acetylenes is 1. The molecule has 2 rings (SSSR count). The SMILES string of the molecule is C#CCCN1CCCC2(CCC2)C1. The summed E-state index contributed by atoms with van der Waals surface area (Å²) in [7, 11) is 0. The fourth-order valence-electron chi connectivity index (χ4n) is 2.81. The molecule has 0 radical (unpaired) electrons. The molecule has 1 saturated carbocycles. The van der Waals surface area contributed by atoms with Gasteiger partial charge in [0.25, 0.3) is 0 Å². The molecule has 1 heterocycles. The molecule has 0 amide bonds. The third-order valence-electron chi connectivity index (χ3n) is 3.73. The van der Waals surface area contributed by atoms with Crippen molar-refractivity contribution in [3.63, 3.8) is 0 Å². The molecule has 2 aliphatic rings. The van der Waals surface area contributed by atoms with E-state index < -0.39 is 0 Å². The zero-order valence-corrected chi connectivity index (χ0v) is 8.39. The molecular formula is C12H19N. The van der Waals surface area contributed by atoms with Gasteiger partial charge in [-0.2, -0.15) is 0 Å². The predicted molar refractivity (Wildman–Crippen MR) is 55.4 cm³/mol. The van der Waals surface area contributed by atoms with Gasteiger partial charge in [-0.3, -0.25) is 0 Å². The molecule has 0 bridgehead atoms. The quantitative estimate of drug-likeness (QED) is 0.585. The normalized spacial score (nSPS) is 26.7. The largest absolute Gasteiger partial charge is 0.302 e. The Kier molecular flexibility index (Phi) is 2.60.